The van der Waals surface area contributed by atoms with Gasteiger partial charge in [-0.3, -0.25) is 0 Å². The molecule has 0 aliphatic carbocycles. The molecule has 0 atom stereocenters. The minimum atomic E-state index is -3.72. The second-order valence-corrected chi connectivity index (χ2v) is 8.05. The molecule has 0 heterocycles. The van der Waals surface area contributed by atoms with Crippen molar-refractivity contribution in [3.63, 3.8) is 0 Å². The number of hydrogen-bond acceptors (Lipinski definition) is 5. The van der Waals surface area contributed by atoms with Crippen molar-refractivity contribution < 1.29 is 13.5 Å². The summed E-state index contributed by atoms with van der Waals surface area (Å²) in [6.45, 7) is 0. The first-order valence-corrected chi connectivity index (χ1v) is 9.70. The summed E-state index contributed by atoms with van der Waals surface area (Å²) in [5, 5.41) is 10.3. The van der Waals surface area contributed by atoms with Gasteiger partial charge in [-0.2, -0.15) is 0 Å². The van der Waals surface area contributed by atoms with Crippen molar-refractivity contribution in [3.8, 4) is 5.75 Å². The number of nitrogens with zero attached hydrogens (tertiary/aromatic N) is 1. The maximum atomic E-state index is 11.5. The predicted molar refractivity (Wildman–Crippen MR) is 104 cm³/mol. The Kier molecular flexibility index (Phi) is 5.77. The molecule has 0 bridgehead atoms. The predicted octanol–water partition coefficient (Wildman–Crippen LogP) is 3.81. The van der Waals surface area contributed by atoms with Crippen molar-refractivity contribution in [1.29, 1.82) is 0 Å². The van der Waals surface area contributed by atoms with Crippen LogP contribution >= 0.6 is 10.7 Å². The van der Waals surface area contributed by atoms with Crippen LogP contribution in [-0.4, -0.2) is 27.6 Å². The van der Waals surface area contributed by atoms with Gasteiger partial charge in [0, 0.05) is 41.2 Å². The lowest BCUT2D eigenvalue weighted by atomic mass is 10.1. The summed E-state index contributed by atoms with van der Waals surface area (Å²) in [6, 6.07) is 17.3. The van der Waals surface area contributed by atoms with Crippen LogP contribution in [0.1, 0.15) is 0 Å². The van der Waals surface area contributed by atoms with E-state index in [0.717, 1.165) is 11.1 Å². The molecule has 0 unspecified atom stereocenters. The largest absolute Gasteiger partial charge is 0.506 e. The Morgan fingerprint density at radius 2 is 1.52 bits per heavy atom. The second-order valence-electron chi connectivity index (χ2n) is 5.52. The number of hydrogen-bond donors (Lipinski definition) is 2. The molecule has 3 aromatic carbocycles. The second kappa shape index (κ2) is 7.63. The molecule has 5 nitrogen and oxygen atoms in total. The van der Waals surface area contributed by atoms with Gasteiger partial charge in [0.15, 0.2) is 0 Å². The first-order chi connectivity index (χ1) is 11.7. The topological polar surface area (TPSA) is 83.6 Å². The Hall–Kier alpha value is -2.44. The molecule has 0 saturated carbocycles. The number of aromatic hydroxyl groups is 1. The van der Waals surface area contributed by atoms with Gasteiger partial charge in [-0.1, -0.05) is 36.4 Å². The molecule has 3 N–H and O–H groups in total. The molecule has 7 heteroatoms. The van der Waals surface area contributed by atoms with E-state index < -0.39 is 9.05 Å². The van der Waals surface area contributed by atoms with Crippen LogP contribution < -0.4 is 10.6 Å². The molecule has 0 fully saturated rings. The summed E-state index contributed by atoms with van der Waals surface area (Å²) in [5.41, 5.74) is 6.66. The molecule has 0 saturated heterocycles. The number of nitrogens with two attached hydrogens (primary N) is 1. The standard InChI is InChI=1S/C12H12ClNO2S.C6H7NO/c1-14(2)11-7-3-6-10-9(11)5-4-8-12(10)17(13,15)16;7-5-3-1-2-4-6(5)8/h3-8H,1-2H3;1-4,8H,7H2. The maximum Gasteiger partial charge on any atom is 0.261 e. The third-order valence-corrected chi connectivity index (χ3v) is 4.92. The number of nitrogen functional groups attached to an aromatic ring is 1. The number of halogens is 1. The van der Waals surface area contributed by atoms with Crippen LogP contribution in [0.2, 0.25) is 0 Å². The van der Waals surface area contributed by atoms with Crippen LogP contribution in [0.4, 0.5) is 11.4 Å². The van der Waals surface area contributed by atoms with E-state index in [-0.39, 0.29) is 10.6 Å². The molecule has 3 rings (SSSR count). The lowest BCUT2D eigenvalue weighted by Gasteiger charge is -2.16. The number of rotatable bonds is 2. The summed E-state index contributed by atoms with van der Waals surface area (Å²) >= 11 is 0. The van der Waals surface area contributed by atoms with Crippen molar-refractivity contribution >= 4 is 41.9 Å². The lowest BCUT2D eigenvalue weighted by Crippen LogP contribution is -2.09. The molecule has 0 spiro atoms. The zero-order valence-electron chi connectivity index (χ0n) is 13.8. The highest BCUT2D eigenvalue weighted by atomic mass is 35.7. The van der Waals surface area contributed by atoms with Crippen LogP contribution in [0.3, 0.4) is 0 Å². The minimum Gasteiger partial charge on any atom is -0.506 e. The van der Waals surface area contributed by atoms with Crippen molar-refractivity contribution in [2.75, 3.05) is 24.7 Å². The molecule has 0 amide bonds. The van der Waals surface area contributed by atoms with E-state index in [2.05, 4.69) is 0 Å². The summed E-state index contributed by atoms with van der Waals surface area (Å²) in [7, 11) is 5.54. The van der Waals surface area contributed by atoms with Gasteiger partial charge in [-0.05, 0) is 24.3 Å². The lowest BCUT2D eigenvalue weighted by molar-refractivity contribution is 0.478. The van der Waals surface area contributed by atoms with Gasteiger partial charge in [0.2, 0.25) is 0 Å². The Balaban J connectivity index is 0.000000236. The van der Waals surface area contributed by atoms with Crippen LogP contribution in [0.25, 0.3) is 10.8 Å². The van der Waals surface area contributed by atoms with Gasteiger partial charge < -0.3 is 15.7 Å². The normalized spacial score (nSPS) is 10.8. The number of phenolic OH excluding ortho intramolecular Hbond substituents is 1. The first-order valence-electron chi connectivity index (χ1n) is 7.39. The van der Waals surface area contributed by atoms with Gasteiger partial charge >= 0.3 is 0 Å². The van der Waals surface area contributed by atoms with E-state index in [4.69, 9.17) is 21.5 Å². The zero-order valence-corrected chi connectivity index (χ0v) is 15.4. The summed E-state index contributed by atoms with van der Waals surface area (Å²) in [5.74, 6) is 0.146. The third kappa shape index (κ3) is 4.55. The smallest absolute Gasteiger partial charge is 0.261 e. The van der Waals surface area contributed by atoms with Gasteiger partial charge in [-0.15, -0.1) is 0 Å². The van der Waals surface area contributed by atoms with E-state index >= 15 is 0 Å². The summed E-state index contributed by atoms with van der Waals surface area (Å²) in [6.07, 6.45) is 0. The molecular formula is C18H19ClN2O3S. The molecule has 0 radical (unpaired) electrons. The highest BCUT2D eigenvalue weighted by molar-refractivity contribution is 8.14. The van der Waals surface area contributed by atoms with Crippen molar-refractivity contribution in [2.45, 2.75) is 4.90 Å². The van der Waals surface area contributed by atoms with Gasteiger partial charge in [-0.25, -0.2) is 8.42 Å². The first kappa shape index (κ1) is 18.9. The monoisotopic (exact) mass is 378 g/mol. The average molecular weight is 379 g/mol. The molecular weight excluding hydrogens is 360 g/mol. The quantitative estimate of drug-likeness (QED) is 0.402. The molecule has 0 aliphatic rings. The summed E-state index contributed by atoms with van der Waals surface area (Å²) in [4.78, 5) is 2.09. The molecule has 0 aromatic heterocycles. The van der Waals surface area contributed by atoms with E-state index in [9.17, 15) is 8.42 Å². The molecule has 0 aliphatic heterocycles. The van der Waals surface area contributed by atoms with Crippen molar-refractivity contribution in [2.24, 2.45) is 0 Å². The van der Waals surface area contributed by atoms with Gasteiger partial charge in [0.25, 0.3) is 9.05 Å². The molecule has 132 valence electrons. The van der Waals surface area contributed by atoms with Gasteiger partial charge in [0.1, 0.15) is 5.75 Å². The molecule has 25 heavy (non-hydrogen) atoms. The Morgan fingerprint density at radius 1 is 0.920 bits per heavy atom. The number of anilines is 2. The number of para-hydroxylation sites is 2. The van der Waals surface area contributed by atoms with Crippen LogP contribution in [-0.2, 0) is 9.05 Å². The Labute approximate surface area is 151 Å². The Morgan fingerprint density at radius 3 is 2.04 bits per heavy atom. The van der Waals surface area contributed by atoms with E-state index in [1.807, 2.05) is 37.2 Å². The van der Waals surface area contributed by atoms with E-state index in [1.54, 1.807) is 36.4 Å². The highest BCUT2D eigenvalue weighted by Gasteiger charge is 2.15. The van der Waals surface area contributed by atoms with Crippen LogP contribution in [0.5, 0.6) is 5.75 Å². The molecule has 3 aromatic rings. The summed E-state index contributed by atoms with van der Waals surface area (Å²) < 4.78 is 23.0. The van der Waals surface area contributed by atoms with Crippen molar-refractivity contribution in [1.82, 2.24) is 0 Å². The Bertz CT molecular complexity index is 968. The zero-order chi connectivity index (χ0) is 18.6. The number of phenols is 1. The fraction of sp³-hybridized carbons (Fsp3) is 0.111. The minimum absolute atomic E-state index is 0.146. The maximum absolute atomic E-state index is 11.5. The van der Waals surface area contributed by atoms with Crippen molar-refractivity contribution in [3.05, 3.63) is 60.7 Å². The van der Waals surface area contributed by atoms with E-state index in [0.29, 0.717) is 11.1 Å². The average Bonchev–Trinajstić information content (AvgIpc) is 2.56. The fourth-order valence-corrected chi connectivity index (χ4v) is 3.44. The number of fused-ring (bicyclic) bond motifs is 1. The van der Waals surface area contributed by atoms with Crippen LogP contribution in [0, 0.1) is 0 Å². The highest BCUT2D eigenvalue weighted by Crippen LogP contribution is 2.31. The fourth-order valence-electron chi connectivity index (χ4n) is 2.35. The number of benzene rings is 3. The van der Waals surface area contributed by atoms with E-state index in [1.165, 1.54) is 6.07 Å². The van der Waals surface area contributed by atoms with Crippen LogP contribution in [0.15, 0.2) is 65.6 Å². The SMILES string of the molecule is CN(C)c1cccc2c(S(=O)(=O)Cl)cccc12.Nc1ccccc1O. The third-order valence-electron chi connectivity index (χ3n) is 3.54. The van der Waals surface area contributed by atoms with Gasteiger partial charge in [0.05, 0.1) is 10.6 Å².